The molecule has 0 saturated heterocycles. The maximum absolute atomic E-state index is 11.7. The second-order valence-electron chi connectivity index (χ2n) is 4.50. The molecule has 2 aliphatic heterocycles. The molecule has 5 heteroatoms. The summed E-state index contributed by atoms with van der Waals surface area (Å²) in [4.78, 5) is 15.9. The molecule has 0 fully saturated rings. The molecule has 1 atom stereocenters. The molecule has 0 saturated carbocycles. The summed E-state index contributed by atoms with van der Waals surface area (Å²) in [5, 5.41) is 0. The molecule has 0 N–H and O–H groups in total. The Bertz CT molecular complexity index is 384. The topological polar surface area (TPSA) is 57.1 Å². The Morgan fingerprint density at radius 3 is 3.12 bits per heavy atom. The number of hydrogen-bond acceptors (Lipinski definition) is 5. The molecule has 0 radical (unpaired) electrons. The van der Waals surface area contributed by atoms with Crippen LogP contribution in [-0.4, -0.2) is 37.2 Å². The van der Waals surface area contributed by atoms with E-state index in [9.17, 15) is 4.79 Å². The van der Waals surface area contributed by atoms with E-state index < -0.39 is 5.79 Å². The third-order valence-electron chi connectivity index (χ3n) is 2.79. The zero-order chi connectivity index (χ0) is 12.5. The van der Waals surface area contributed by atoms with Crippen LogP contribution in [0.25, 0.3) is 0 Å². The highest BCUT2D eigenvalue weighted by atomic mass is 16.7. The molecule has 2 heterocycles. The minimum absolute atomic E-state index is 0.129. The largest absolute Gasteiger partial charge is 0.471 e. The minimum atomic E-state index is -0.656. The van der Waals surface area contributed by atoms with Gasteiger partial charge in [0.2, 0.25) is 5.79 Å². The molecule has 2 rings (SSSR count). The van der Waals surface area contributed by atoms with E-state index in [0.29, 0.717) is 25.5 Å². The summed E-state index contributed by atoms with van der Waals surface area (Å²) in [5.41, 5.74) is 1.41. The molecule has 2 aliphatic rings. The summed E-state index contributed by atoms with van der Waals surface area (Å²) in [5.74, 6) is -1.14. The molecule has 0 aromatic rings. The summed E-state index contributed by atoms with van der Waals surface area (Å²) in [6.45, 7) is 6.69. The molecule has 1 unspecified atom stereocenters. The van der Waals surface area contributed by atoms with Crippen LogP contribution >= 0.6 is 0 Å². The third kappa shape index (κ3) is 2.49. The lowest BCUT2D eigenvalue weighted by Crippen LogP contribution is -2.31. The van der Waals surface area contributed by atoms with Crippen LogP contribution in [0.2, 0.25) is 0 Å². The van der Waals surface area contributed by atoms with Crippen molar-refractivity contribution in [2.75, 3.05) is 19.8 Å². The standard InChI is InChI=1S/C12H17NO4/c1-4-15-11(14)10-9-7-17-12(2,3)16-6-8(9)5-13-10/h6,9H,4-5,7H2,1-3H3. The van der Waals surface area contributed by atoms with Crippen molar-refractivity contribution in [2.24, 2.45) is 10.9 Å². The Balaban J connectivity index is 2.13. The van der Waals surface area contributed by atoms with Crippen LogP contribution in [0.15, 0.2) is 16.8 Å². The predicted molar refractivity (Wildman–Crippen MR) is 61.6 cm³/mol. The molecule has 0 aliphatic carbocycles. The van der Waals surface area contributed by atoms with Gasteiger partial charge in [0.1, 0.15) is 5.71 Å². The van der Waals surface area contributed by atoms with Crippen molar-refractivity contribution >= 4 is 11.7 Å². The van der Waals surface area contributed by atoms with Gasteiger partial charge >= 0.3 is 5.97 Å². The molecule has 0 spiro atoms. The molecular weight excluding hydrogens is 222 g/mol. The molecule has 0 aromatic carbocycles. The van der Waals surface area contributed by atoms with E-state index in [1.54, 1.807) is 13.2 Å². The Hall–Kier alpha value is -1.36. The quantitative estimate of drug-likeness (QED) is 0.681. The van der Waals surface area contributed by atoms with E-state index in [1.165, 1.54) is 0 Å². The highest BCUT2D eigenvalue weighted by Gasteiger charge is 2.36. The lowest BCUT2D eigenvalue weighted by Gasteiger charge is -2.23. The van der Waals surface area contributed by atoms with E-state index >= 15 is 0 Å². The second kappa shape index (κ2) is 4.49. The zero-order valence-corrected chi connectivity index (χ0v) is 10.4. The maximum atomic E-state index is 11.7. The number of nitrogens with zero attached hydrogens (tertiary/aromatic N) is 1. The van der Waals surface area contributed by atoms with Crippen molar-refractivity contribution < 1.29 is 19.0 Å². The Kier molecular flexibility index (Phi) is 3.19. The van der Waals surface area contributed by atoms with Gasteiger partial charge in [-0.25, -0.2) is 4.79 Å². The Labute approximate surface area is 100 Å². The first kappa shape index (κ1) is 12.1. The predicted octanol–water partition coefficient (Wildman–Crippen LogP) is 1.29. The van der Waals surface area contributed by atoms with Gasteiger partial charge in [-0.15, -0.1) is 0 Å². The van der Waals surface area contributed by atoms with Crippen LogP contribution in [0.4, 0.5) is 0 Å². The lowest BCUT2D eigenvalue weighted by molar-refractivity contribution is -0.177. The first-order valence-corrected chi connectivity index (χ1v) is 5.75. The van der Waals surface area contributed by atoms with Gasteiger partial charge in [-0.2, -0.15) is 0 Å². The first-order valence-electron chi connectivity index (χ1n) is 5.75. The van der Waals surface area contributed by atoms with Gasteiger partial charge in [-0.3, -0.25) is 4.99 Å². The molecule has 17 heavy (non-hydrogen) atoms. The number of aliphatic imine (C=N–C) groups is 1. The third-order valence-corrected chi connectivity index (χ3v) is 2.79. The van der Waals surface area contributed by atoms with Gasteiger partial charge in [0, 0.05) is 13.8 Å². The second-order valence-corrected chi connectivity index (χ2v) is 4.50. The SMILES string of the molecule is CCOC(=O)C1=NCC2=COC(C)(C)OCC21. The normalized spacial score (nSPS) is 26.2. The van der Waals surface area contributed by atoms with Gasteiger partial charge in [0.15, 0.2) is 0 Å². The summed E-state index contributed by atoms with van der Waals surface area (Å²) >= 11 is 0. The van der Waals surface area contributed by atoms with Gasteiger partial charge in [0.25, 0.3) is 0 Å². The summed E-state index contributed by atoms with van der Waals surface area (Å²) in [6, 6.07) is 0. The maximum Gasteiger partial charge on any atom is 0.352 e. The molecule has 94 valence electrons. The fourth-order valence-corrected chi connectivity index (χ4v) is 1.83. The fraction of sp³-hybridized carbons (Fsp3) is 0.667. The van der Waals surface area contributed by atoms with E-state index in [1.807, 2.05) is 13.8 Å². The summed E-state index contributed by atoms with van der Waals surface area (Å²) in [6.07, 6.45) is 1.66. The van der Waals surface area contributed by atoms with Crippen molar-refractivity contribution in [1.82, 2.24) is 0 Å². The number of ether oxygens (including phenoxy) is 3. The molecule has 0 bridgehead atoms. The first-order chi connectivity index (χ1) is 8.03. The van der Waals surface area contributed by atoms with Gasteiger partial charge < -0.3 is 14.2 Å². The number of hydrogen-bond donors (Lipinski definition) is 0. The average Bonchev–Trinajstić information content (AvgIpc) is 2.61. The van der Waals surface area contributed by atoms with E-state index in [2.05, 4.69) is 4.99 Å². The average molecular weight is 239 g/mol. The van der Waals surface area contributed by atoms with Gasteiger partial charge in [-0.1, -0.05) is 0 Å². The number of esters is 1. The van der Waals surface area contributed by atoms with Crippen molar-refractivity contribution in [2.45, 2.75) is 26.6 Å². The number of fused-ring (bicyclic) bond motifs is 1. The van der Waals surface area contributed by atoms with Crippen LogP contribution in [0, 0.1) is 5.92 Å². The fourth-order valence-electron chi connectivity index (χ4n) is 1.83. The summed E-state index contributed by atoms with van der Waals surface area (Å²) in [7, 11) is 0. The number of carbonyl (C=O) groups excluding carboxylic acids is 1. The van der Waals surface area contributed by atoms with E-state index in [4.69, 9.17) is 14.2 Å². The van der Waals surface area contributed by atoms with Crippen LogP contribution in [-0.2, 0) is 19.0 Å². The van der Waals surface area contributed by atoms with Crippen LogP contribution < -0.4 is 0 Å². The highest BCUT2D eigenvalue weighted by Crippen LogP contribution is 2.28. The lowest BCUT2D eigenvalue weighted by atomic mass is 9.99. The van der Waals surface area contributed by atoms with Crippen LogP contribution in [0.3, 0.4) is 0 Å². The van der Waals surface area contributed by atoms with Crippen LogP contribution in [0.5, 0.6) is 0 Å². The van der Waals surface area contributed by atoms with Crippen molar-refractivity contribution in [3.05, 3.63) is 11.8 Å². The van der Waals surface area contributed by atoms with E-state index in [-0.39, 0.29) is 11.9 Å². The number of carbonyl (C=O) groups is 1. The van der Waals surface area contributed by atoms with Gasteiger partial charge in [0.05, 0.1) is 31.9 Å². The molecular formula is C12H17NO4. The Morgan fingerprint density at radius 1 is 1.65 bits per heavy atom. The van der Waals surface area contributed by atoms with Crippen molar-refractivity contribution in [3.8, 4) is 0 Å². The monoisotopic (exact) mass is 239 g/mol. The number of rotatable bonds is 2. The molecule has 0 aromatic heterocycles. The smallest absolute Gasteiger partial charge is 0.352 e. The van der Waals surface area contributed by atoms with Crippen LogP contribution in [0.1, 0.15) is 20.8 Å². The minimum Gasteiger partial charge on any atom is -0.471 e. The highest BCUT2D eigenvalue weighted by molar-refractivity contribution is 6.38. The Morgan fingerprint density at radius 2 is 2.41 bits per heavy atom. The van der Waals surface area contributed by atoms with Crippen molar-refractivity contribution in [1.29, 1.82) is 0 Å². The van der Waals surface area contributed by atoms with Crippen molar-refractivity contribution in [3.63, 3.8) is 0 Å². The zero-order valence-electron chi connectivity index (χ0n) is 10.4. The van der Waals surface area contributed by atoms with Gasteiger partial charge in [-0.05, 0) is 12.5 Å². The molecule has 0 amide bonds. The van der Waals surface area contributed by atoms with E-state index in [0.717, 1.165) is 5.57 Å². The molecule has 5 nitrogen and oxygen atoms in total. The summed E-state index contributed by atoms with van der Waals surface area (Å²) < 4.78 is 16.1.